The van der Waals surface area contributed by atoms with Gasteiger partial charge in [-0.25, -0.2) is 4.98 Å². The third-order valence-corrected chi connectivity index (χ3v) is 4.90. The first-order valence-electron chi connectivity index (χ1n) is 7.95. The van der Waals surface area contributed by atoms with Crippen molar-refractivity contribution >= 4 is 0 Å². The number of hydrogen-bond donors (Lipinski definition) is 0. The molecule has 0 spiro atoms. The fourth-order valence-electron chi connectivity index (χ4n) is 3.48. The minimum absolute atomic E-state index is 0.932. The predicted molar refractivity (Wildman–Crippen MR) is 91.1 cm³/mol. The molecule has 1 aromatic carbocycles. The summed E-state index contributed by atoms with van der Waals surface area (Å²) in [7, 11) is 2.15. The number of rotatable bonds is 1. The average molecular weight is 302 g/mol. The van der Waals surface area contributed by atoms with Crippen LogP contribution in [-0.2, 0) is 13.5 Å². The summed E-state index contributed by atoms with van der Waals surface area (Å²) >= 11 is 0. The average Bonchev–Trinajstić information content (AvgIpc) is 2.92. The van der Waals surface area contributed by atoms with Gasteiger partial charge in [-0.05, 0) is 43.5 Å². The minimum Gasteiger partial charge on any atom is -0.264 e. The van der Waals surface area contributed by atoms with Crippen LogP contribution in [0, 0.1) is 20.8 Å². The van der Waals surface area contributed by atoms with Gasteiger partial charge in [0.2, 0.25) is 11.4 Å². The van der Waals surface area contributed by atoms with E-state index in [9.17, 15) is 0 Å². The second kappa shape index (κ2) is 4.98. The third-order valence-electron chi connectivity index (χ3n) is 4.90. The molecule has 1 aliphatic rings. The normalized spacial score (nSPS) is 12.2. The number of hydrogen-bond acceptors (Lipinski definition) is 2. The number of aryl methyl sites for hydroxylation is 3. The van der Waals surface area contributed by atoms with Crippen LogP contribution in [0.4, 0.5) is 0 Å². The maximum atomic E-state index is 4.79. The quantitative estimate of drug-likeness (QED) is 0.504. The Hall–Kier alpha value is -2.55. The molecule has 114 valence electrons. The largest absolute Gasteiger partial charge is 0.264 e. The fraction of sp³-hybridized carbons (Fsp3) is 0.250. The van der Waals surface area contributed by atoms with Gasteiger partial charge in [-0.1, -0.05) is 17.7 Å². The first-order valence-corrected chi connectivity index (χ1v) is 7.95. The lowest BCUT2D eigenvalue weighted by atomic mass is 10.0. The van der Waals surface area contributed by atoms with Crippen LogP contribution < -0.4 is 4.57 Å². The van der Waals surface area contributed by atoms with E-state index in [1.165, 1.54) is 44.8 Å². The molecule has 23 heavy (non-hydrogen) atoms. The zero-order chi connectivity index (χ0) is 16.1. The topological polar surface area (TPSA) is 29.7 Å². The molecule has 0 radical (unpaired) electrons. The summed E-state index contributed by atoms with van der Waals surface area (Å²) in [6, 6.07) is 6.58. The minimum atomic E-state index is 0.932. The maximum Gasteiger partial charge on any atom is 0.231 e. The number of fused-ring (bicyclic) bond motifs is 3. The highest BCUT2D eigenvalue weighted by atomic mass is 15.0. The molecule has 0 N–H and O–H groups in total. The molecule has 2 heterocycles. The SMILES string of the molecule is Cc1ccc(C)c(-c2cnc3c([n+]2C)Cc2c(C)cncc2-3)c1. The van der Waals surface area contributed by atoms with E-state index in [1.54, 1.807) is 0 Å². The summed E-state index contributed by atoms with van der Waals surface area (Å²) in [5.41, 5.74) is 11.1. The Bertz CT molecular complexity index is 942. The highest BCUT2D eigenvalue weighted by molar-refractivity contribution is 5.72. The molecule has 1 aliphatic carbocycles. The predicted octanol–water partition coefficient (Wildman–Crippen LogP) is 3.46. The molecular formula is C20H20N3+. The van der Waals surface area contributed by atoms with Crippen LogP contribution in [0.2, 0.25) is 0 Å². The zero-order valence-electron chi connectivity index (χ0n) is 14.0. The second-order valence-corrected chi connectivity index (χ2v) is 6.48. The van der Waals surface area contributed by atoms with Crippen molar-refractivity contribution in [3.05, 3.63) is 64.7 Å². The van der Waals surface area contributed by atoms with Gasteiger partial charge in [0.1, 0.15) is 18.9 Å². The van der Waals surface area contributed by atoms with Gasteiger partial charge >= 0.3 is 0 Å². The van der Waals surface area contributed by atoms with Crippen LogP contribution in [0.5, 0.6) is 0 Å². The molecule has 3 nitrogen and oxygen atoms in total. The second-order valence-electron chi connectivity index (χ2n) is 6.48. The molecule has 2 aromatic heterocycles. The molecule has 0 unspecified atom stereocenters. The monoisotopic (exact) mass is 302 g/mol. The van der Waals surface area contributed by atoms with E-state index in [0.717, 1.165) is 12.1 Å². The highest BCUT2D eigenvalue weighted by Crippen LogP contribution is 2.35. The summed E-state index contributed by atoms with van der Waals surface area (Å²) in [6.07, 6.45) is 6.81. The standard InChI is InChI=1S/C20H20N3/c1-12-5-6-13(2)16(7-12)19-11-22-20-17-10-21-9-14(3)15(17)8-18(20)23(19)4/h5-7,9-11H,8H2,1-4H3/q+1. The van der Waals surface area contributed by atoms with Gasteiger partial charge in [0.15, 0.2) is 0 Å². The lowest BCUT2D eigenvalue weighted by Gasteiger charge is -2.07. The molecule has 4 rings (SSSR count). The molecule has 0 fully saturated rings. The van der Waals surface area contributed by atoms with Crippen LogP contribution in [0.15, 0.2) is 36.8 Å². The maximum absolute atomic E-state index is 4.79. The van der Waals surface area contributed by atoms with Gasteiger partial charge in [0.05, 0.1) is 12.0 Å². The van der Waals surface area contributed by atoms with Gasteiger partial charge in [0, 0.05) is 18.0 Å². The Kier molecular flexibility index (Phi) is 3.05. The van der Waals surface area contributed by atoms with Crippen molar-refractivity contribution in [1.29, 1.82) is 0 Å². The van der Waals surface area contributed by atoms with Crippen molar-refractivity contribution in [2.75, 3.05) is 0 Å². The van der Waals surface area contributed by atoms with Gasteiger partial charge < -0.3 is 0 Å². The van der Waals surface area contributed by atoms with E-state index < -0.39 is 0 Å². The van der Waals surface area contributed by atoms with Crippen LogP contribution in [0.1, 0.15) is 27.9 Å². The molecule has 0 aliphatic heterocycles. The summed E-state index contributed by atoms with van der Waals surface area (Å²) in [4.78, 5) is 9.13. The molecule has 3 aromatic rings. The van der Waals surface area contributed by atoms with Gasteiger partial charge in [-0.3, -0.25) is 4.98 Å². The number of benzene rings is 1. The van der Waals surface area contributed by atoms with Gasteiger partial charge in [-0.15, -0.1) is 0 Å². The Morgan fingerprint density at radius 2 is 1.78 bits per heavy atom. The van der Waals surface area contributed by atoms with E-state index in [4.69, 9.17) is 4.98 Å². The Labute approximate surface area is 136 Å². The third kappa shape index (κ3) is 2.07. The van der Waals surface area contributed by atoms with Crippen molar-refractivity contribution < 1.29 is 4.57 Å². The van der Waals surface area contributed by atoms with Crippen LogP contribution >= 0.6 is 0 Å². The van der Waals surface area contributed by atoms with Crippen LogP contribution in [0.25, 0.3) is 22.5 Å². The van der Waals surface area contributed by atoms with E-state index >= 15 is 0 Å². The van der Waals surface area contributed by atoms with E-state index in [1.807, 2.05) is 18.6 Å². The Morgan fingerprint density at radius 1 is 0.957 bits per heavy atom. The number of aromatic nitrogens is 3. The molecule has 0 amide bonds. The Morgan fingerprint density at radius 3 is 2.61 bits per heavy atom. The van der Waals surface area contributed by atoms with Crippen LogP contribution in [0.3, 0.4) is 0 Å². The van der Waals surface area contributed by atoms with Crippen molar-refractivity contribution in [3.8, 4) is 22.5 Å². The first kappa shape index (κ1) is 14.1. The summed E-state index contributed by atoms with van der Waals surface area (Å²) < 4.78 is 2.30. The summed E-state index contributed by atoms with van der Waals surface area (Å²) in [6.45, 7) is 6.42. The Balaban J connectivity index is 1.93. The van der Waals surface area contributed by atoms with Crippen LogP contribution in [-0.4, -0.2) is 9.97 Å². The highest BCUT2D eigenvalue weighted by Gasteiger charge is 2.31. The lowest BCUT2D eigenvalue weighted by Crippen LogP contribution is -2.36. The zero-order valence-corrected chi connectivity index (χ0v) is 14.0. The molecular weight excluding hydrogens is 282 g/mol. The van der Waals surface area contributed by atoms with Gasteiger partial charge in [0.25, 0.3) is 0 Å². The van der Waals surface area contributed by atoms with Crippen molar-refractivity contribution in [2.24, 2.45) is 7.05 Å². The number of pyridine rings is 1. The molecule has 0 saturated heterocycles. The first-order chi connectivity index (χ1) is 11.1. The fourth-order valence-corrected chi connectivity index (χ4v) is 3.48. The smallest absolute Gasteiger partial charge is 0.231 e. The van der Waals surface area contributed by atoms with Crippen molar-refractivity contribution in [2.45, 2.75) is 27.2 Å². The van der Waals surface area contributed by atoms with E-state index in [0.29, 0.717) is 0 Å². The molecule has 3 heteroatoms. The summed E-state index contributed by atoms with van der Waals surface area (Å²) in [5.74, 6) is 0. The van der Waals surface area contributed by atoms with E-state index in [2.05, 4.69) is 55.6 Å². The molecule has 0 atom stereocenters. The lowest BCUT2D eigenvalue weighted by molar-refractivity contribution is -0.667. The van der Waals surface area contributed by atoms with Crippen molar-refractivity contribution in [1.82, 2.24) is 9.97 Å². The van der Waals surface area contributed by atoms with Crippen molar-refractivity contribution in [3.63, 3.8) is 0 Å². The van der Waals surface area contributed by atoms with E-state index in [-0.39, 0.29) is 0 Å². The molecule has 0 saturated carbocycles. The van der Waals surface area contributed by atoms with Gasteiger partial charge in [-0.2, -0.15) is 4.57 Å². The molecule has 0 bridgehead atoms. The number of nitrogens with zero attached hydrogens (tertiary/aromatic N) is 3. The summed E-state index contributed by atoms with van der Waals surface area (Å²) in [5, 5.41) is 0.